The monoisotopic (exact) mass is 429 g/mol. The van der Waals surface area contributed by atoms with Gasteiger partial charge < -0.3 is 10.2 Å². The molecule has 2 aromatic rings. The minimum atomic E-state index is -0.179. The molecule has 30 heavy (non-hydrogen) atoms. The number of benzene rings is 1. The van der Waals surface area contributed by atoms with Crippen LogP contribution in [0.1, 0.15) is 41.6 Å². The molecule has 2 N–H and O–H groups in total. The Balaban J connectivity index is 1.73. The molecule has 0 aliphatic heterocycles. The zero-order valence-electron chi connectivity index (χ0n) is 18.5. The minimum Gasteiger partial charge on any atom is -0.340 e. The van der Waals surface area contributed by atoms with E-state index < -0.39 is 0 Å². The third kappa shape index (κ3) is 5.73. The Bertz CT molecular complexity index is 968. The molecule has 162 valence electrons. The second-order valence-corrected chi connectivity index (χ2v) is 9.41. The van der Waals surface area contributed by atoms with E-state index in [1.54, 1.807) is 0 Å². The molecule has 1 aliphatic carbocycles. The Morgan fingerprint density at radius 1 is 1.23 bits per heavy atom. The summed E-state index contributed by atoms with van der Waals surface area (Å²) < 4.78 is 1.87. The number of aryl methyl sites for hydroxylation is 2. The lowest BCUT2D eigenvalue weighted by molar-refractivity contribution is -0.858. The van der Waals surface area contributed by atoms with Crippen LogP contribution < -0.4 is 15.9 Å². The molecule has 7 heteroatoms. The average molecular weight is 430 g/mol. The van der Waals surface area contributed by atoms with Crippen molar-refractivity contribution in [3.8, 4) is 0 Å². The fraction of sp³-hybridized carbons (Fsp3) is 0.522. The lowest BCUT2D eigenvalue weighted by Gasteiger charge is -2.22. The number of aromatic nitrogens is 2. The van der Waals surface area contributed by atoms with E-state index >= 15 is 0 Å². The molecule has 0 bridgehead atoms. The summed E-state index contributed by atoms with van der Waals surface area (Å²) in [7, 11) is 4.25. The van der Waals surface area contributed by atoms with E-state index in [0.29, 0.717) is 0 Å². The van der Waals surface area contributed by atoms with Gasteiger partial charge in [0.25, 0.3) is 0 Å². The van der Waals surface area contributed by atoms with Crippen LogP contribution in [0.5, 0.6) is 0 Å². The summed E-state index contributed by atoms with van der Waals surface area (Å²) in [5, 5.41) is 3.73. The van der Waals surface area contributed by atoms with Gasteiger partial charge in [-0.25, -0.2) is 4.79 Å². The number of rotatable bonds is 8. The molecule has 0 saturated carbocycles. The van der Waals surface area contributed by atoms with Gasteiger partial charge in [0.05, 0.1) is 26.4 Å². The summed E-state index contributed by atoms with van der Waals surface area (Å²) in [5.74, 6) is 0.179. The number of carbonyl (C=O) groups excluding carboxylic acids is 1. The quantitative estimate of drug-likeness (QED) is 0.498. The Labute approximate surface area is 183 Å². The van der Waals surface area contributed by atoms with Crippen molar-refractivity contribution < 1.29 is 9.69 Å². The van der Waals surface area contributed by atoms with Crippen molar-refractivity contribution in [1.82, 2.24) is 9.55 Å². The molecule has 0 saturated heterocycles. The number of thioether (sulfide) groups is 1. The van der Waals surface area contributed by atoms with E-state index in [0.717, 1.165) is 72.7 Å². The summed E-state index contributed by atoms with van der Waals surface area (Å²) in [6.07, 6.45) is 5.03. The first-order valence-electron chi connectivity index (χ1n) is 10.8. The molecule has 0 radical (unpaired) electrons. The average Bonchev–Trinajstić information content (AvgIpc) is 2.70. The van der Waals surface area contributed by atoms with Crippen LogP contribution in [0.3, 0.4) is 0 Å². The van der Waals surface area contributed by atoms with Crippen molar-refractivity contribution in [2.75, 3.05) is 31.7 Å². The normalized spacial score (nSPS) is 13.4. The van der Waals surface area contributed by atoms with Gasteiger partial charge in [-0.15, -0.1) is 0 Å². The number of nitrogens with one attached hydrogen (secondary N) is 2. The highest BCUT2D eigenvalue weighted by Gasteiger charge is 2.21. The van der Waals surface area contributed by atoms with Gasteiger partial charge in [0.15, 0.2) is 0 Å². The zero-order valence-corrected chi connectivity index (χ0v) is 19.3. The smallest absolute Gasteiger partial charge is 0.340 e. The van der Waals surface area contributed by atoms with E-state index in [9.17, 15) is 9.59 Å². The SMILES string of the molecule is Cc1ccc(C)c(NC(=O)CSc2nc(=O)n(CCC[NH+](C)C)c3c2CCCC3)c1. The molecule has 1 aromatic heterocycles. The maximum atomic E-state index is 12.7. The first-order valence-corrected chi connectivity index (χ1v) is 11.7. The number of amides is 1. The van der Waals surface area contributed by atoms with E-state index in [4.69, 9.17) is 0 Å². The van der Waals surface area contributed by atoms with E-state index in [1.165, 1.54) is 22.2 Å². The van der Waals surface area contributed by atoms with Gasteiger partial charge >= 0.3 is 5.69 Å². The number of nitrogens with zero attached hydrogens (tertiary/aromatic N) is 2. The van der Waals surface area contributed by atoms with Gasteiger partial charge in [-0.1, -0.05) is 23.9 Å². The molecule has 1 heterocycles. The van der Waals surface area contributed by atoms with Crippen LogP contribution in [0.4, 0.5) is 5.69 Å². The fourth-order valence-corrected chi connectivity index (χ4v) is 4.76. The molecule has 0 spiro atoms. The molecular weight excluding hydrogens is 396 g/mol. The lowest BCUT2D eigenvalue weighted by Crippen LogP contribution is -3.05. The number of fused-ring (bicyclic) bond motifs is 1. The lowest BCUT2D eigenvalue weighted by atomic mass is 9.97. The number of quaternary nitrogens is 1. The van der Waals surface area contributed by atoms with Gasteiger partial charge in [0.1, 0.15) is 5.03 Å². The molecule has 1 aromatic carbocycles. The molecule has 0 atom stereocenters. The third-order valence-electron chi connectivity index (χ3n) is 5.52. The summed E-state index contributed by atoms with van der Waals surface area (Å²) in [6, 6.07) is 6.02. The van der Waals surface area contributed by atoms with Crippen LogP contribution in [0.25, 0.3) is 0 Å². The number of carbonyl (C=O) groups is 1. The van der Waals surface area contributed by atoms with Crippen LogP contribution in [0, 0.1) is 13.8 Å². The second kappa shape index (κ2) is 10.3. The van der Waals surface area contributed by atoms with Gasteiger partial charge in [-0.05, 0) is 56.7 Å². The minimum absolute atomic E-state index is 0.0711. The Morgan fingerprint density at radius 2 is 2.00 bits per heavy atom. The van der Waals surface area contributed by atoms with Crippen LogP contribution in [-0.2, 0) is 24.2 Å². The van der Waals surface area contributed by atoms with E-state index in [2.05, 4.69) is 24.4 Å². The third-order valence-corrected chi connectivity index (χ3v) is 6.53. The van der Waals surface area contributed by atoms with Gasteiger partial charge in [-0.3, -0.25) is 9.36 Å². The Kier molecular flexibility index (Phi) is 7.72. The highest BCUT2D eigenvalue weighted by Crippen LogP contribution is 2.28. The van der Waals surface area contributed by atoms with E-state index in [1.807, 2.05) is 36.6 Å². The molecule has 1 amide bonds. The predicted octanol–water partition coefficient (Wildman–Crippen LogP) is 2.00. The van der Waals surface area contributed by atoms with Crippen LogP contribution >= 0.6 is 11.8 Å². The summed E-state index contributed by atoms with van der Waals surface area (Å²) in [6.45, 7) is 5.74. The molecular formula is C23H33N4O2S+. The van der Waals surface area contributed by atoms with Crippen LogP contribution in [0.15, 0.2) is 28.0 Å². The van der Waals surface area contributed by atoms with Crippen molar-refractivity contribution in [1.29, 1.82) is 0 Å². The number of anilines is 1. The summed E-state index contributed by atoms with van der Waals surface area (Å²) in [4.78, 5) is 31.0. The summed E-state index contributed by atoms with van der Waals surface area (Å²) in [5.41, 5.74) is 5.11. The number of hydrogen-bond acceptors (Lipinski definition) is 4. The van der Waals surface area contributed by atoms with Crippen molar-refractivity contribution in [2.45, 2.75) is 57.5 Å². The maximum Gasteiger partial charge on any atom is 0.348 e. The highest BCUT2D eigenvalue weighted by molar-refractivity contribution is 8.00. The summed E-state index contributed by atoms with van der Waals surface area (Å²) >= 11 is 1.38. The largest absolute Gasteiger partial charge is 0.348 e. The number of hydrogen-bond donors (Lipinski definition) is 2. The molecule has 3 rings (SSSR count). The van der Waals surface area contributed by atoms with Gasteiger partial charge in [0, 0.05) is 29.9 Å². The van der Waals surface area contributed by atoms with Crippen molar-refractivity contribution >= 4 is 23.4 Å². The molecule has 0 fully saturated rings. The predicted molar refractivity (Wildman–Crippen MR) is 123 cm³/mol. The van der Waals surface area contributed by atoms with Gasteiger partial charge in [0.2, 0.25) is 5.91 Å². The zero-order chi connectivity index (χ0) is 21.7. The Morgan fingerprint density at radius 3 is 2.77 bits per heavy atom. The molecule has 0 unspecified atom stereocenters. The van der Waals surface area contributed by atoms with Crippen molar-refractivity contribution in [2.24, 2.45) is 0 Å². The van der Waals surface area contributed by atoms with Gasteiger partial charge in [-0.2, -0.15) is 4.98 Å². The maximum absolute atomic E-state index is 12.7. The van der Waals surface area contributed by atoms with Crippen molar-refractivity contribution in [3.05, 3.63) is 51.1 Å². The first kappa shape index (κ1) is 22.6. The van der Waals surface area contributed by atoms with Crippen LogP contribution in [0.2, 0.25) is 0 Å². The topological polar surface area (TPSA) is 68.4 Å². The second-order valence-electron chi connectivity index (χ2n) is 8.45. The molecule has 6 nitrogen and oxygen atoms in total. The standard InChI is InChI=1S/C23H32N4O2S/c1-16-10-11-17(2)19(14-16)24-21(28)15-30-22-18-8-5-6-9-20(18)27(23(29)25-22)13-7-12-26(3)4/h10-11,14H,5-9,12-13,15H2,1-4H3,(H,24,28)/p+1. The first-order chi connectivity index (χ1) is 14.3. The van der Waals surface area contributed by atoms with Crippen molar-refractivity contribution in [3.63, 3.8) is 0 Å². The molecule has 1 aliphatic rings. The highest BCUT2D eigenvalue weighted by atomic mass is 32.2. The Hall–Kier alpha value is -2.12. The van der Waals surface area contributed by atoms with Crippen LogP contribution in [-0.4, -0.2) is 41.9 Å². The van der Waals surface area contributed by atoms with E-state index in [-0.39, 0.29) is 17.3 Å². The fourth-order valence-electron chi connectivity index (χ4n) is 3.88.